The summed E-state index contributed by atoms with van der Waals surface area (Å²) in [6.45, 7) is 0.382. The van der Waals surface area contributed by atoms with Gasteiger partial charge in [0.05, 0.1) is 24.6 Å². The van der Waals surface area contributed by atoms with Crippen LogP contribution >= 0.6 is 11.6 Å². The minimum absolute atomic E-state index is 0.373. The van der Waals surface area contributed by atoms with Crippen LogP contribution in [0.3, 0.4) is 0 Å². The van der Waals surface area contributed by atoms with E-state index in [1.54, 1.807) is 19.2 Å². The molecule has 0 aromatic heterocycles. The fourth-order valence-corrected chi connectivity index (χ4v) is 2.02. The van der Waals surface area contributed by atoms with Crippen LogP contribution in [0.5, 0.6) is 11.5 Å². The van der Waals surface area contributed by atoms with Crippen molar-refractivity contribution in [1.29, 1.82) is 5.26 Å². The maximum Gasteiger partial charge on any atom is 0.127 e. The number of nitrogens with zero attached hydrogens (tertiary/aromatic N) is 1. The quantitative estimate of drug-likeness (QED) is 0.784. The lowest BCUT2D eigenvalue weighted by atomic mass is 10.1. The molecule has 0 heterocycles. The van der Waals surface area contributed by atoms with E-state index in [2.05, 4.69) is 6.07 Å². The number of benzene rings is 2. The number of hydrogen-bond donors (Lipinski definition) is 0. The molecule has 102 valence electrons. The van der Waals surface area contributed by atoms with Crippen LogP contribution in [0, 0.1) is 11.3 Å². The standard InChI is InChI=1S/C16H14ClNO2/c1-19-15-6-5-14(9-17)16(8-15)20-11-13-4-2-3-12(7-13)10-18/h2-8H,9,11H2,1H3. The molecule has 3 nitrogen and oxygen atoms in total. The molecule has 0 aliphatic carbocycles. The summed E-state index contributed by atoms with van der Waals surface area (Å²) in [5, 5.41) is 8.87. The van der Waals surface area contributed by atoms with Crippen molar-refractivity contribution in [3.05, 3.63) is 59.2 Å². The number of alkyl halides is 1. The Kier molecular flexibility index (Phi) is 4.86. The maximum atomic E-state index is 8.87. The fraction of sp³-hybridized carbons (Fsp3) is 0.188. The Bertz CT molecular complexity index is 635. The van der Waals surface area contributed by atoms with Crippen molar-refractivity contribution in [2.45, 2.75) is 12.5 Å². The first-order valence-corrected chi connectivity index (χ1v) is 6.65. The lowest BCUT2D eigenvalue weighted by Crippen LogP contribution is -1.99. The highest BCUT2D eigenvalue weighted by atomic mass is 35.5. The summed E-state index contributed by atoms with van der Waals surface area (Å²) >= 11 is 5.89. The Morgan fingerprint density at radius 1 is 1.20 bits per heavy atom. The van der Waals surface area contributed by atoms with Gasteiger partial charge in [0.2, 0.25) is 0 Å². The average Bonchev–Trinajstić information content (AvgIpc) is 2.52. The second-order valence-electron chi connectivity index (χ2n) is 4.21. The van der Waals surface area contributed by atoms with Crippen LogP contribution in [-0.4, -0.2) is 7.11 Å². The van der Waals surface area contributed by atoms with Gasteiger partial charge in [0, 0.05) is 11.6 Å². The molecule has 2 rings (SSSR count). The molecule has 0 bridgehead atoms. The van der Waals surface area contributed by atoms with E-state index in [1.807, 2.05) is 30.3 Å². The van der Waals surface area contributed by atoms with E-state index in [9.17, 15) is 0 Å². The minimum Gasteiger partial charge on any atom is -0.497 e. The van der Waals surface area contributed by atoms with E-state index < -0.39 is 0 Å². The van der Waals surface area contributed by atoms with Crippen molar-refractivity contribution < 1.29 is 9.47 Å². The first-order chi connectivity index (χ1) is 9.76. The molecule has 0 unspecified atom stereocenters. The normalized spacial score (nSPS) is 9.85. The third kappa shape index (κ3) is 3.43. The van der Waals surface area contributed by atoms with Crippen molar-refractivity contribution in [2.24, 2.45) is 0 Å². The zero-order valence-electron chi connectivity index (χ0n) is 11.1. The predicted molar refractivity (Wildman–Crippen MR) is 78.0 cm³/mol. The van der Waals surface area contributed by atoms with Crippen LogP contribution in [0.1, 0.15) is 16.7 Å². The van der Waals surface area contributed by atoms with Gasteiger partial charge in [-0.3, -0.25) is 0 Å². The Labute approximate surface area is 123 Å². The summed E-state index contributed by atoms with van der Waals surface area (Å²) in [6.07, 6.45) is 0. The monoisotopic (exact) mass is 287 g/mol. The number of hydrogen-bond acceptors (Lipinski definition) is 3. The van der Waals surface area contributed by atoms with E-state index in [0.717, 1.165) is 16.9 Å². The van der Waals surface area contributed by atoms with Gasteiger partial charge in [0.25, 0.3) is 0 Å². The summed E-state index contributed by atoms with van der Waals surface area (Å²) in [5.74, 6) is 1.79. The molecule has 0 aliphatic heterocycles. The SMILES string of the molecule is COc1ccc(CCl)c(OCc2cccc(C#N)c2)c1. The van der Waals surface area contributed by atoms with Gasteiger partial charge in [-0.15, -0.1) is 11.6 Å². The second-order valence-corrected chi connectivity index (χ2v) is 4.48. The number of methoxy groups -OCH3 is 1. The first-order valence-electron chi connectivity index (χ1n) is 6.11. The molecule has 0 saturated heterocycles. The summed E-state index contributed by atoms with van der Waals surface area (Å²) in [5.41, 5.74) is 2.46. The van der Waals surface area contributed by atoms with E-state index in [4.69, 9.17) is 26.3 Å². The van der Waals surface area contributed by atoms with E-state index in [-0.39, 0.29) is 0 Å². The highest BCUT2D eigenvalue weighted by Crippen LogP contribution is 2.27. The minimum atomic E-state index is 0.373. The summed E-state index contributed by atoms with van der Waals surface area (Å²) in [4.78, 5) is 0. The van der Waals surface area contributed by atoms with Crippen LogP contribution in [0.15, 0.2) is 42.5 Å². The topological polar surface area (TPSA) is 42.2 Å². The zero-order chi connectivity index (χ0) is 14.4. The van der Waals surface area contributed by atoms with Gasteiger partial charge in [-0.1, -0.05) is 18.2 Å². The molecule has 2 aromatic carbocycles. The molecule has 0 saturated carbocycles. The van der Waals surface area contributed by atoms with Crippen LogP contribution in [0.4, 0.5) is 0 Å². The predicted octanol–water partition coefficient (Wildman–Crippen LogP) is 3.88. The molecule has 0 aliphatic rings. The van der Waals surface area contributed by atoms with Crippen LogP contribution in [-0.2, 0) is 12.5 Å². The highest BCUT2D eigenvalue weighted by Gasteiger charge is 2.06. The Morgan fingerprint density at radius 3 is 2.75 bits per heavy atom. The van der Waals surface area contributed by atoms with Crippen molar-refractivity contribution in [3.63, 3.8) is 0 Å². The van der Waals surface area contributed by atoms with E-state index >= 15 is 0 Å². The average molecular weight is 288 g/mol. The first kappa shape index (κ1) is 14.2. The van der Waals surface area contributed by atoms with Gasteiger partial charge in [0.15, 0.2) is 0 Å². The molecule has 0 spiro atoms. The van der Waals surface area contributed by atoms with Crippen LogP contribution in [0.25, 0.3) is 0 Å². The lowest BCUT2D eigenvalue weighted by molar-refractivity contribution is 0.301. The molecular weight excluding hydrogens is 274 g/mol. The summed E-state index contributed by atoms with van der Waals surface area (Å²) < 4.78 is 11.0. The van der Waals surface area contributed by atoms with Gasteiger partial charge in [-0.25, -0.2) is 0 Å². The van der Waals surface area contributed by atoms with Crippen molar-refractivity contribution in [3.8, 4) is 17.6 Å². The lowest BCUT2D eigenvalue weighted by Gasteiger charge is -2.11. The van der Waals surface area contributed by atoms with Gasteiger partial charge in [-0.2, -0.15) is 5.26 Å². The molecule has 0 fully saturated rings. The van der Waals surface area contributed by atoms with Crippen LogP contribution < -0.4 is 9.47 Å². The Hall–Kier alpha value is -2.18. The number of nitriles is 1. The number of rotatable bonds is 5. The molecule has 0 amide bonds. The number of ether oxygens (including phenoxy) is 2. The molecule has 0 atom stereocenters. The fourth-order valence-electron chi connectivity index (χ4n) is 1.80. The molecular formula is C16H14ClNO2. The third-order valence-corrected chi connectivity index (χ3v) is 3.16. The zero-order valence-corrected chi connectivity index (χ0v) is 11.9. The van der Waals surface area contributed by atoms with E-state index in [0.29, 0.717) is 23.8 Å². The highest BCUT2D eigenvalue weighted by molar-refractivity contribution is 6.17. The molecule has 0 N–H and O–H groups in total. The number of halogens is 1. The van der Waals surface area contributed by atoms with Crippen molar-refractivity contribution >= 4 is 11.6 Å². The van der Waals surface area contributed by atoms with Gasteiger partial charge in [-0.05, 0) is 23.8 Å². The Balaban J connectivity index is 2.15. The molecule has 20 heavy (non-hydrogen) atoms. The van der Waals surface area contributed by atoms with Crippen molar-refractivity contribution in [1.82, 2.24) is 0 Å². The molecule has 0 radical (unpaired) electrons. The smallest absolute Gasteiger partial charge is 0.127 e. The van der Waals surface area contributed by atoms with Crippen molar-refractivity contribution in [2.75, 3.05) is 7.11 Å². The molecule has 2 aromatic rings. The van der Waals surface area contributed by atoms with Gasteiger partial charge >= 0.3 is 0 Å². The second kappa shape index (κ2) is 6.83. The van der Waals surface area contributed by atoms with Gasteiger partial charge < -0.3 is 9.47 Å². The molecule has 4 heteroatoms. The third-order valence-electron chi connectivity index (χ3n) is 2.87. The van der Waals surface area contributed by atoms with E-state index in [1.165, 1.54) is 0 Å². The summed E-state index contributed by atoms with van der Waals surface area (Å²) in [7, 11) is 1.61. The van der Waals surface area contributed by atoms with Gasteiger partial charge in [0.1, 0.15) is 18.1 Å². The largest absolute Gasteiger partial charge is 0.497 e. The summed E-state index contributed by atoms with van der Waals surface area (Å²) in [6, 6.07) is 15.0. The van der Waals surface area contributed by atoms with Crippen LogP contribution in [0.2, 0.25) is 0 Å². The Morgan fingerprint density at radius 2 is 2.05 bits per heavy atom. The maximum absolute atomic E-state index is 8.87.